The van der Waals surface area contributed by atoms with Crippen molar-refractivity contribution in [2.24, 2.45) is 4.99 Å². The van der Waals surface area contributed by atoms with E-state index >= 15 is 0 Å². The Kier molecular flexibility index (Phi) is 9.11. The fourth-order valence-corrected chi connectivity index (χ4v) is 3.35. The predicted molar refractivity (Wildman–Crippen MR) is 112 cm³/mol. The molecule has 0 bridgehead atoms. The Morgan fingerprint density at radius 1 is 1.26 bits per heavy atom. The monoisotopic (exact) mass is 373 g/mol. The Hall–Kier alpha value is -2.08. The highest BCUT2D eigenvalue weighted by atomic mass is 16.1. The van der Waals surface area contributed by atoms with E-state index in [2.05, 4.69) is 58.1 Å². The molecule has 3 N–H and O–H groups in total. The molecule has 1 aliphatic heterocycles. The van der Waals surface area contributed by atoms with E-state index in [9.17, 15) is 4.79 Å². The summed E-state index contributed by atoms with van der Waals surface area (Å²) in [6, 6.07) is 11.3. The van der Waals surface area contributed by atoms with Crippen LogP contribution in [0.3, 0.4) is 0 Å². The first-order valence-corrected chi connectivity index (χ1v) is 10.2. The second kappa shape index (κ2) is 11.6. The number of benzene rings is 1. The summed E-state index contributed by atoms with van der Waals surface area (Å²) in [7, 11) is 0. The third-order valence-electron chi connectivity index (χ3n) is 4.63. The number of nitrogens with one attached hydrogen (secondary N) is 3. The van der Waals surface area contributed by atoms with Crippen molar-refractivity contribution in [2.75, 3.05) is 26.2 Å². The van der Waals surface area contributed by atoms with Crippen LogP contribution in [0.15, 0.2) is 35.3 Å². The van der Waals surface area contributed by atoms with Crippen molar-refractivity contribution >= 4 is 11.9 Å². The Labute approximate surface area is 163 Å². The van der Waals surface area contributed by atoms with Gasteiger partial charge in [0.1, 0.15) is 0 Å². The Morgan fingerprint density at radius 2 is 2.04 bits per heavy atom. The molecule has 1 saturated heterocycles. The first kappa shape index (κ1) is 21.2. The molecule has 1 amide bonds. The maximum atomic E-state index is 11.8. The lowest BCUT2D eigenvalue weighted by Gasteiger charge is -2.23. The molecule has 6 nitrogen and oxygen atoms in total. The number of carbonyl (C=O) groups is 1. The van der Waals surface area contributed by atoms with Gasteiger partial charge in [-0.2, -0.15) is 0 Å². The minimum atomic E-state index is 0.0678. The van der Waals surface area contributed by atoms with Gasteiger partial charge in [-0.1, -0.05) is 30.3 Å². The number of hydrogen-bond donors (Lipinski definition) is 3. The fraction of sp³-hybridized carbons (Fsp3) is 0.619. The average Bonchev–Trinajstić information content (AvgIpc) is 3.07. The number of rotatable bonds is 9. The van der Waals surface area contributed by atoms with Crippen LogP contribution in [0, 0.1) is 0 Å². The van der Waals surface area contributed by atoms with Crippen LogP contribution in [0.4, 0.5) is 0 Å². The van der Waals surface area contributed by atoms with Crippen molar-refractivity contribution in [1.82, 2.24) is 20.9 Å². The van der Waals surface area contributed by atoms with E-state index in [-0.39, 0.29) is 11.9 Å². The third-order valence-corrected chi connectivity index (χ3v) is 4.63. The van der Waals surface area contributed by atoms with Crippen molar-refractivity contribution in [3.63, 3.8) is 0 Å². The van der Waals surface area contributed by atoms with Crippen LogP contribution in [-0.2, 0) is 11.3 Å². The lowest BCUT2D eigenvalue weighted by Crippen LogP contribution is -2.41. The summed E-state index contributed by atoms with van der Waals surface area (Å²) in [6.07, 6.45) is 2.87. The van der Waals surface area contributed by atoms with Crippen molar-refractivity contribution in [1.29, 1.82) is 0 Å². The van der Waals surface area contributed by atoms with Gasteiger partial charge in [0.05, 0.1) is 6.54 Å². The number of hydrogen-bond acceptors (Lipinski definition) is 3. The Bertz CT molecular complexity index is 587. The van der Waals surface area contributed by atoms with Gasteiger partial charge in [0.25, 0.3) is 0 Å². The molecular weight excluding hydrogens is 338 g/mol. The number of aliphatic imine (C=N–C) groups is 1. The summed E-state index contributed by atoms with van der Waals surface area (Å²) in [6.45, 7) is 10.3. The Morgan fingerprint density at radius 3 is 2.74 bits per heavy atom. The Balaban J connectivity index is 1.82. The first-order chi connectivity index (χ1) is 13.1. The zero-order valence-corrected chi connectivity index (χ0v) is 17.0. The number of amides is 1. The van der Waals surface area contributed by atoms with E-state index in [0.717, 1.165) is 32.1 Å². The van der Waals surface area contributed by atoms with Crippen LogP contribution in [0.1, 0.15) is 45.6 Å². The third kappa shape index (κ3) is 7.99. The molecule has 27 heavy (non-hydrogen) atoms. The molecule has 1 aromatic rings. The van der Waals surface area contributed by atoms with Gasteiger partial charge in [-0.25, -0.2) is 0 Å². The summed E-state index contributed by atoms with van der Waals surface area (Å²) in [4.78, 5) is 19.1. The van der Waals surface area contributed by atoms with Crippen molar-refractivity contribution in [2.45, 2.75) is 58.7 Å². The van der Waals surface area contributed by atoms with Gasteiger partial charge < -0.3 is 16.0 Å². The van der Waals surface area contributed by atoms with E-state index in [1.807, 2.05) is 13.8 Å². The molecule has 0 saturated carbocycles. The second-order valence-electron chi connectivity index (χ2n) is 7.37. The van der Waals surface area contributed by atoms with Gasteiger partial charge in [0.15, 0.2) is 5.96 Å². The molecule has 150 valence electrons. The van der Waals surface area contributed by atoms with Gasteiger partial charge in [-0.05, 0) is 45.7 Å². The zero-order chi connectivity index (χ0) is 19.5. The molecule has 6 heteroatoms. The topological polar surface area (TPSA) is 68.8 Å². The van der Waals surface area contributed by atoms with E-state index < -0.39 is 0 Å². The van der Waals surface area contributed by atoms with E-state index in [1.54, 1.807) is 0 Å². The van der Waals surface area contributed by atoms with Crippen LogP contribution in [0.5, 0.6) is 0 Å². The molecule has 0 aliphatic carbocycles. The van der Waals surface area contributed by atoms with Gasteiger partial charge in [0.2, 0.25) is 5.91 Å². The minimum absolute atomic E-state index is 0.0678. The second-order valence-corrected chi connectivity index (χ2v) is 7.37. The standard InChI is InChI=1S/C21H35N5O/c1-4-22-21(23-13-12-20(27)25-17(2)3)24-15-19-11-8-14-26(19)16-18-9-6-5-7-10-18/h5-7,9-10,17,19H,4,8,11-16H2,1-3H3,(H,25,27)(H2,22,23,24). The van der Waals surface area contributed by atoms with Gasteiger partial charge in [-0.15, -0.1) is 0 Å². The summed E-state index contributed by atoms with van der Waals surface area (Å²) in [5.74, 6) is 0.861. The van der Waals surface area contributed by atoms with E-state index in [4.69, 9.17) is 4.99 Å². The molecule has 1 aliphatic rings. The molecule has 1 heterocycles. The maximum Gasteiger partial charge on any atom is 0.221 e. The van der Waals surface area contributed by atoms with Crippen LogP contribution in [0.2, 0.25) is 0 Å². The summed E-state index contributed by atoms with van der Waals surface area (Å²) < 4.78 is 0. The largest absolute Gasteiger partial charge is 0.357 e. The SMILES string of the molecule is CCNC(=NCC1CCCN1Cc1ccccc1)NCCC(=O)NC(C)C. The quantitative estimate of drug-likeness (QED) is 0.458. The van der Waals surface area contributed by atoms with Crippen LogP contribution in [-0.4, -0.2) is 55.0 Å². The minimum Gasteiger partial charge on any atom is -0.357 e. The summed E-state index contributed by atoms with van der Waals surface area (Å²) in [5.41, 5.74) is 1.36. The summed E-state index contributed by atoms with van der Waals surface area (Å²) in [5, 5.41) is 9.46. The number of likely N-dealkylation sites (tertiary alicyclic amines) is 1. The van der Waals surface area contributed by atoms with E-state index in [1.165, 1.54) is 18.4 Å². The number of guanidine groups is 1. The predicted octanol–water partition coefficient (Wildman–Crippen LogP) is 2.12. The van der Waals surface area contributed by atoms with Crippen LogP contribution < -0.4 is 16.0 Å². The zero-order valence-electron chi connectivity index (χ0n) is 17.0. The fourth-order valence-electron chi connectivity index (χ4n) is 3.35. The molecule has 1 atom stereocenters. The molecule has 1 aromatic carbocycles. The maximum absolute atomic E-state index is 11.8. The molecule has 2 rings (SSSR count). The van der Waals surface area contributed by atoms with Crippen molar-refractivity contribution < 1.29 is 4.79 Å². The summed E-state index contributed by atoms with van der Waals surface area (Å²) >= 11 is 0. The highest BCUT2D eigenvalue weighted by molar-refractivity contribution is 5.81. The average molecular weight is 374 g/mol. The molecule has 0 radical (unpaired) electrons. The molecule has 1 fully saturated rings. The number of nitrogens with zero attached hydrogens (tertiary/aromatic N) is 2. The molecule has 0 aromatic heterocycles. The van der Waals surface area contributed by atoms with Crippen LogP contribution in [0.25, 0.3) is 0 Å². The van der Waals surface area contributed by atoms with Gasteiger partial charge >= 0.3 is 0 Å². The highest BCUT2D eigenvalue weighted by Gasteiger charge is 2.24. The lowest BCUT2D eigenvalue weighted by atomic mass is 10.2. The lowest BCUT2D eigenvalue weighted by molar-refractivity contribution is -0.121. The van der Waals surface area contributed by atoms with E-state index in [0.29, 0.717) is 19.0 Å². The van der Waals surface area contributed by atoms with Gasteiger partial charge in [0, 0.05) is 38.1 Å². The first-order valence-electron chi connectivity index (χ1n) is 10.2. The number of carbonyl (C=O) groups excluding carboxylic acids is 1. The molecular formula is C21H35N5O. The van der Waals surface area contributed by atoms with Gasteiger partial charge in [-0.3, -0.25) is 14.7 Å². The highest BCUT2D eigenvalue weighted by Crippen LogP contribution is 2.20. The van der Waals surface area contributed by atoms with Crippen LogP contribution >= 0.6 is 0 Å². The molecule has 1 unspecified atom stereocenters. The smallest absolute Gasteiger partial charge is 0.221 e. The molecule has 0 spiro atoms. The normalized spacial score (nSPS) is 17.9. The van der Waals surface area contributed by atoms with Crippen molar-refractivity contribution in [3.05, 3.63) is 35.9 Å². The van der Waals surface area contributed by atoms with Crippen molar-refractivity contribution in [3.8, 4) is 0 Å².